The van der Waals surface area contributed by atoms with E-state index >= 15 is 0 Å². The minimum atomic E-state index is 0.691. The predicted octanol–water partition coefficient (Wildman–Crippen LogP) is 5.75. The quantitative estimate of drug-likeness (QED) is 0.300. The van der Waals surface area contributed by atoms with Crippen LogP contribution in [0.15, 0.2) is 66.3 Å². The summed E-state index contributed by atoms with van der Waals surface area (Å²) >= 11 is 1.66. The lowest BCUT2D eigenvalue weighted by Gasteiger charge is -2.09. The maximum absolute atomic E-state index is 4.93. The normalized spacial score (nSPS) is 11.2. The number of hydrogen-bond acceptors (Lipinski definition) is 6. The summed E-state index contributed by atoms with van der Waals surface area (Å²) in [6.07, 6.45) is 6.51. The highest BCUT2D eigenvalue weighted by molar-refractivity contribution is 7.18. The third kappa shape index (κ3) is 4.24. The molecule has 0 radical (unpaired) electrons. The molecular formula is C25H24N6S. The van der Waals surface area contributed by atoms with Crippen LogP contribution in [0.2, 0.25) is 0 Å². The Kier molecular flexibility index (Phi) is 5.89. The van der Waals surface area contributed by atoms with Gasteiger partial charge in [-0.2, -0.15) is 5.10 Å². The van der Waals surface area contributed by atoms with Crippen LogP contribution >= 0.6 is 11.3 Å². The smallest absolute Gasteiger partial charge is 0.162 e. The van der Waals surface area contributed by atoms with Crippen molar-refractivity contribution in [2.24, 2.45) is 0 Å². The molecule has 0 amide bonds. The molecular weight excluding hydrogens is 416 g/mol. The van der Waals surface area contributed by atoms with Crippen molar-refractivity contribution in [3.05, 3.63) is 77.6 Å². The second kappa shape index (κ2) is 9.28. The van der Waals surface area contributed by atoms with Gasteiger partial charge in [-0.15, -0.1) is 11.3 Å². The van der Waals surface area contributed by atoms with Crippen LogP contribution in [0.4, 0.5) is 5.82 Å². The van der Waals surface area contributed by atoms with Crippen molar-refractivity contribution >= 4 is 27.4 Å². The zero-order valence-corrected chi connectivity index (χ0v) is 18.7. The fraction of sp³-hybridized carbons (Fsp3) is 0.200. The van der Waals surface area contributed by atoms with Crippen molar-refractivity contribution in [3.8, 4) is 22.6 Å². The molecule has 32 heavy (non-hydrogen) atoms. The lowest BCUT2D eigenvalue weighted by atomic mass is 10.1. The lowest BCUT2D eigenvalue weighted by Crippen LogP contribution is -2.06. The number of anilines is 1. The SMILES string of the molecule is CCc1cc(-c2csc3c(NCCCc4ccccc4)nc(-c4ccncc4)nc23)n[nH]1. The van der Waals surface area contributed by atoms with E-state index in [1.165, 1.54) is 5.56 Å². The Labute approximate surface area is 190 Å². The van der Waals surface area contributed by atoms with Gasteiger partial charge in [-0.05, 0) is 43.0 Å². The summed E-state index contributed by atoms with van der Waals surface area (Å²) in [4.78, 5) is 13.9. The van der Waals surface area contributed by atoms with E-state index in [4.69, 9.17) is 9.97 Å². The molecule has 0 bridgehead atoms. The van der Waals surface area contributed by atoms with Crippen molar-refractivity contribution in [2.45, 2.75) is 26.2 Å². The minimum Gasteiger partial charge on any atom is -0.369 e. The van der Waals surface area contributed by atoms with Gasteiger partial charge in [0.1, 0.15) is 5.82 Å². The first-order chi connectivity index (χ1) is 15.8. The topological polar surface area (TPSA) is 79.4 Å². The van der Waals surface area contributed by atoms with Gasteiger partial charge in [-0.25, -0.2) is 9.97 Å². The van der Waals surface area contributed by atoms with Crippen molar-refractivity contribution in [1.82, 2.24) is 25.1 Å². The number of aryl methyl sites for hydroxylation is 2. The van der Waals surface area contributed by atoms with E-state index in [0.717, 1.165) is 64.4 Å². The number of hydrogen-bond donors (Lipinski definition) is 2. The van der Waals surface area contributed by atoms with Gasteiger partial charge in [0.2, 0.25) is 0 Å². The van der Waals surface area contributed by atoms with E-state index in [9.17, 15) is 0 Å². The second-order valence-electron chi connectivity index (χ2n) is 7.61. The van der Waals surface area contributed by atoms with Crippen LogP contribution in [-0.2, 0) is 12.8 Å². The predicted molar refractivity (Wildman–Crippen MR) is 131 cm³/mol. The fourth-order valence-electron chi connectivity index (χ4n) is 3.67. The van der Waals surface area contributed by atoms with Crippen molar-refractivity contribution < 1.29 is 0 Å². The summed E-state index contributed by atoms with van der Waals surface area (Å²) in [7, 11) is 0. The first kappa shape index (κ1) is 20.3. The van der Waals surface area contributed by atoms with Crippen LogP contribution in [0.3, 0.4) is 0 Å². The van der Waals surface area contributed by atoms with Gasteiger partial charge in [-0.3, -0.25) is 10.1 Å². The molecule has 7 heteroatoms. The molecule has 0 atom stereocenters. The summed E-state index contributed by atoms with van der Waals surface area (Å²) in [6, 6.07) is 16.6. The number of benzene rings is 1. The summed E-state index contributed by atoms with van der Waals surface area (Å²) in [5.41, 5.74) is 6.29. The van der Waals surface area contributed by atoms with Gasteiger partial charge in [0.25, 0.3) is 0 Å². The van der Waals surface area contributed by atoms with Crippen LogP contribution in [-0.4, -0.2) is 31.7 Å². The van der Waals surface area contributed by atoms with Gasteiger partial charge in [0.15, 0.2) is 5.82 Å². The van der Waals surface area contributed by atoms with E-state index < -0.39 is 0 Å². The van der Waals surface area contributed by atoms with Gasteiger partial charge in [-0.1, -0.05) is 37.3 Å². The van der Waals surface area contributed by atoms with Crippen molar-refractivity contribution in [3.63, 3.8) is 0 Å². The zero-order valence-electron chi connectivity index (χ0n) is 17.9. The monoisotopic (exact) mass is 440 g/mol. The number of rotatable bonds is 8. The van der Waals surface area contributed by atoms with Crippen LogP contribution in [0.25, 0.3) is 32.9 Å². The van der Waals surface area contributed by atoms with Crippen LogP contribution < -0.4 is 5.32 Å². The Bertz CT molecular complexity index is 1310. The van der Waals surface area contributed by atoms with Crippen LogP contribution in [0.1, 0.15) is 24.6 Å². The molecule has 0 saturated carbocycles. The number of nitrogens with zero attached hydrogens (tertiary/aromatic N) is 4. The number of nitrogens with one attached hydrogen (secondary N) is 2. The number of H-pyrrole nitrogens is 1. The fourth-order valence-corrected chi connectivity index (χ4v) is 4.64. The zero-order chi connectivity index (χ0) is 21.8. The number of aromatic amines is 1. The third-order valence-corrected chi connectivity index (χ3v) is 6.40. The average molecular weight is 441 g/mol. The largest absolute Gasteiger partial charge is 0.369 e. The Morgan fingerprint density at radius 3 is 2.66 bits per heavy atom. The molecule has 5 aromatic rings. The first-order valence-corrected chi connectivity index (χ1v) is 11.7. The maximum atomic E-state index is 4.93. The molecule has 0 aliphatic rings. The molecule has 2 N–H and O–H groups in total. The second-order valence-corrected chi connectivity index (χ2v) is 8.49. The number of fused-ring (bicyclic) bond motifs is 1. The summed E-state index contributed by atoms with van der Waals surface area (Å²) < 4.78 is 1.05. The van der Waals surface area contributed by atoms with Gasteiger partial charge in [0, 0.05) is 41.1 Å². The number of thiophene rings is 1. The summed E-state index contributed by atoms with van der Waals surface area (Å²) in [5.74, 6) is 1.56. The highest BCUT2D eigenvalue weighted by Gasteiger charge is 2.17. The van der Waals surface area contributed by atoms with Crippen molar-refractivity contribution in [2.75, 3.05) is 11.9 Å². The minimum absolute atomic E-state index is 0.691. The molecule has 0 aliphatic heterocycles. The van der Waals surface area contributed by atoms with E-state index in [1.54, 1.807) is 23.7 Å². The molecule has 0 fully saturated rings. The highest BCUT2D eigenvalue weighted by atomic mass is 32.1. The highest BCUT2D eigenvalue weighted by Crippen LogP contribution is 2.37. The summed E-state index contributed by atoms with van der Waals surface area (Å²) in [5, 5.41) is 13.3. The summed E-state index contributed by atoms with van der Waals surface area (Å²) in [6.45, 7) is 2.95. The number of pyridine rings is 1. The van der Waals surface area contributed by atoms with E-state index in [-0.39, 0.29) is 0 Å². The standard InChI is InChI=1S/C25H24N6S/c1-2-19-15-21(31-30-19)20-16-32-23-22(20)28-24(18-10-13-26-14-11-18)29-25(23)27-12-6-9-17-7-4-3-5-8-17/h3-5,7-8,10-11,13-16H,2,6,9,12H2,1H3,(H,30,31)(H,27,28,29). The molecule has 4 heterocycles. The first-order valence-electron chi connectivity index (χ1n) is 10.8. The van der Waals surface area contributed by atoms with Crippen molar-refractivity contribution in [1.29, 1.82) is 0 Å². The van der Waals surface area contributed by atoms with Crippen LogP contribution in [0, 0.1) is 0 Å². The molecule has 0 spiro atoms. The molecule has 4 aromatic heterocycles. The van der Waals surface area contributed by atoms with E-state index in [0.29, 0.717) is 5.82 Å². The molecule has 5 rings (SSSR count). The Morgan fingerprint density at radius 2 is 1.88 bits per heavy atom. The molecule has 160 valence electrons. The molecule has 0 unspecified atom stereocenters. The molecule has 0 aliphatic carbocycles. The van der Waals surface area contributed by atoms with E-state index in [1.807, 2.05) is 12.1 Å². The number of aromatic nitrogens is 5. The average Bonchev–Trinajstić information content (AvgIpc) is 3.50. The van der Waals surface area contributed by atoms with E-state index in [2.05, 4.69) is 69.2 Å². The molecule has 0 saturated heterocycles. The Morgan fingerprint density at radius 1 is 1.03 bits per heavy atom. The molecule has 6 nitrogen and oxygen atoms in total. The van der Waals surface area contributed by atoms with Crippen LogP contribution in [0.5, 0.6) is 0 Å². The van der Waals surface area contributed by atoms with Gasteiger partial charge in [0.05, 0.1) is 15.9 Å². The maximum Gasteiger partial charge on any atom is 0.162 e. The third-order valence-electron chi connectivity index (χ3n) is 5.42. The lowest BCUT2D eigenvalue weighted by molar-refractivity contribution is 0.860. The Balaban J connectivity index is 1.47. The Hall–Kier alpha value is -3.58. The molecule has 1 aromatic carbocycles. The van der Waals surface area contributed by atoms with Gasteiger partial charge < -0.3 is 5.32 Å². The van der Waals surface area contributed by atoms with Gasteiger partial charge >= 0.3 is 0 Å².